The number of benzene rings is 1. The molecule has 2 amide bonds. The summed E-state index contributed by atoms with van der Waals surface area (Å²) in [6.07, 6.45) is 2.68. The molecule has 0 unspecified atom stereocenters. The average Bonchev–Trinajstić information content (AvgIpc) is 2.78. The standard InChI is InChI=1S/C19H24N2O3/c1-5-13-6-7-15-14(12-13)19(16(22)20-15)8-10-21(11-9-19)17(23)24-18(2,3)4/h5-7,12H,1,8-11H2,2-4H3,(H,20,22). The Kier molecular flexibility index (Phi) is 3.90. The number of carbonyl (C=O) groups excluding carboxylic acids is 2. The average molecular weight is 328 g/mol. The number of piperidine rings is 1. The van der Waals surface area contributed by atoms with E-state index in [1.165, 1.54) is 0 Å². The second-order valence-corrected chi connectivity index (χ2v) is 7.51. The summed E-state index contributed by atoms with van der Waals surface area (Å²) in [7, 11) is 0. The van der Waals surface area contributed by atoms with Gasteiger partial charge in [0.1, 0.15) is 5.60 Å². The first-order chi connectivity index (χ1) is 11.2. The van der Waals surface area contributed by atoms with E-state index in [-0.39, 0.29) is 12.0 Å². The third-order valence-electron chi connectivity index (χ3n) is 4.75. The van der Waals surface area contributed by atoms with Crippen molar-refractivity contribution in [3.05, 3.63) is 35.9 Å². The van der Waals surface area contributed by atoms with Crippen LogP contribution in [0.2, 0.25) is 0 Å². The largest absolute Gasteiger partial charge is 0.444 e. The van der Waals surface area contributed by atoms with Crippen LogP contribution < -0.4 is 5.32 Å². The van der Waals surface area contributed by atoms with Gasteiger partial charge in [0.25, 0.3) is 0 Å². The third-order valence-corrected chi connectivity index (χ3v) is 4.75. The van der Waals surface area contributed by atoms with Crippen molar-refractivity contribution in [3.63, 3.8) is 0 Å². The van der Waals surface area contributed by atoms with Crippen LogP contribution in [0, 0.1) is 0 Å². The number of carbonyl (C=O) groups is 2. The van der Waals surface area contributed by atoms with Gasteiger partial charge in [-0.25, -0.2) is 4.79 Å². The summed E-state index contributed by atoms with van der Waals surface area (Å²) in [5, 5.41) is 2.98. The predicted molar refractivity (Wildman–Crippen MR) is 93.9 cm³/mol. The Balaban J connectivity index is 1.80. The maximum absolute atomic E-state index is 12.6. The Morgan fingerprint density at radius 3 is 2.58 bits per heavy atom. The summed E-state index contributed by atoms with van der Waals surface area (Å²) in [6.45, 7) is 10.4. The minimum Gasteiger partial charge on any atom is -0.444 e. The molecule has 24 heavy (non-hydrogen) atoms. The summed E-state index contributed by atoms with van der Waals surface area (Å²) in [5.41, 5.74) is 1.83. The highest BCUT2D eigenvalue weighted by Crippen LogP contribution is 2.45. The molecule has 1 spiro atoms. The van der Waals surface area contributed by atoms with E-state index in [1.54, 1.807) is 11.0 Å². The lowest BCUT2D eigenvalue weighted by Gasteiger charge is -2.38. The van der Waals surface area contributed by atoms with E-state index in [0.29, 0.717) is 25.9 Å². The molecule has 0 aliphatic carbocycles. The maximum atomic E-state index is 12.6. The zero-order valence-electron chi connectivity index (χ0n) is 14.5. The van der Waals surface area contributed by atoms with Gasteiger partial charge in [0.15, 0.2) is 0 Å². The van der Waals surface area contributed by atoms with E-state index in [9.17, 15) is 9.59 Å². The molecule has 5 heteroatoms. The normalized spacial score (nSPS) is 19.0. The van der Waals surface area contributed by atoms with Gasteiger partial charge in [-0.1, -0.05) is 18.7 Å². The van der Waals surface area contributed by atoms with Gasteiger partial charge in [-0.2, -0.15) is 0 Å². The van der Waals surface area contributed by atoms with Crippen LogP contribution in [0.3, 0.4) is 0 Å². The van der Waals surface area contributed by atoms with Crippen LogP contribution in [-0.2, 0) is 14.9 Å². The van der Waals surface area contributed by atoms with Crippen LogP contribution in [0.25, 0.3) is 6.08 Å². The van der Waals surface area contributed by atoms with Crippen molar-refractivity contribution in [2.24, 2.45) is 0 Å². The van der Waals surface area contributed by atoms with Gasteiger partial charge in [0.2, 0.25) is 5.91 Å². The van der Waals surface area contributed by atoms with Crippen LogP contribution >= 0.6 is 0 Å². The first-order valence-corrected chi connectivity index (χ1v) is 8.31. The van der Waals surface area contributed by atoms with Crippen molar-refractivity contribution in [2.75, 3.05) is 18.4 Å². The zero-order valence-corrected chi connectivity index (χ0v) is 14.5. The molecule has 128 valence electrons. The monoisotopic (exact) mass is 328 g/mol. The molecule has 0 bridgehead atoms. The molecule has 3 rings (SSSR count). The molecular weight excluding hydrogens is 304 g/mol. The van der Waals surface area contributed by atoms with Gasteiger partial charge in [0.05, 0.1) is 5.41 Å². The van der Waals surface area contributed by atoms with Crippen molar-refractivity contribution >= 4 is 23.8 Å². The van der Waals surface area contributed by atoms with E-state index in [0.717, 1.165) is 16.8 Å². The fraction of sp³-hybridized carbons (Fsp3) is 0.474. The Morgan fingerprint density at radius 1 is 1.33 bits per heavy atom. The number of anilines is 1. The van der Waals surface area contributed by atoms with Gasteiger partial charge >= 0.3 is 6.09 Å². The lowest BCUT2D eigenvalue weighted by Crippen LogP contribution is -2.49. The van der Waals surface area contributed by atoms with E-state index in [4.69, 9.17) is 4.74 Å². The number of fused-ring (bicyclic) bond motifs is 2. The van der Waals surface area contributed by atoms with Crippen LogP contribution in [0.5, 0.6) is 0 Å². The lowest BCUT2D eigenvalue weighted by molar-refractivity contribution is -0.122. The molecule has 0 saturated carbocycles. The molecule has 1 saturated heterocycles. The van der Waals surface area contributed by atoms with Gasteiger partial charge in [-0.3, -0.25) is 4.79 Å². The minimum atomic E-state index is -0.549. The van der Waals surface area contributed by atoms with Crippen molar-refractivity contribution in [1.29, 1.82) is 0 Å². The van der Waals surface area contributed by atoms with Gasteiger partial charge in [-0.15, -0.1) is 0 Å². The quantitative estimate of drug-likeness (QED) is 0.857. The van der Waals surface area contributed by atoms with Crippen LogP contribution in [-0.4, -0.2) is 35.6 Å². The summed E-state index contributed by atoms with van der Waals surface area (Å²) in [6, 6.07) is 5.91. The maximum Gasteiger partial charge on any atom is 0.410 e. The van der Waals surface area contributed by atoms with E-state index in [1.807, 2.05) is 39.0 Å². The van der Waals surface area contributed by atoms with Crippen molar-refractivity contribution in [2.45, 2.75) is 44.6 Å². The lowest BCUT2D eigenvalue weighted by atomic mass is 9.73. The number of nitrogens with zero attached hydrogens (tertiary/aromatic N) is 1. The Labute approximate surface area is 142 Å². The number of ether oxygens (including phenoxy) is 1. The Hall–Kier alpha value is -2.30. The molecule has 1 aromatic rings. The van der Waals surface area contributed by atoms with Crippen molar-refractivity contribution in [1.82, 2.24) is 4.90 Å². The number of amides is 2. The van der Waals surface area contributed by atoms with E-state index < -0.39 is 11.0 Å². The smallest absolute Gasteiger partial charge is 0.410 e. The van der Waals surface area contributed by atoms with Crippen LogP contribution in [0.15, 0.2) is 24.8 Å². The minimum absolute atomic E-state index is 0.0301. The predicted octanol–water partition coefficient (Wildman–Crippen LogP) is 3.55. The number of hydrogen-bond donors (Lipinski definition) is 1. The number of rotatable bonds is 1. The van der Waals surface area contributed by atoms with E-state index >= 15 is 0 Å². The van der Waals surface area contributed by atoms with Gasteiger partial charge < -0.3 is 15.0 Å². The van der Waals surface area contributed by atoms with E-state index in [2.05, 4.69) is 11.9 Å². The molecule has 0 radical (unpaired) electrons. The second-order valence-electron chi connectivity index (χ2n) is 7.51. The van der Waals surface area contributed by atoms with Gasteiger partial charge in [-0.05, 0) is 56.9 Å². The first-order valence-electron chi connectivity index (χ1n) is 8.31. The number of nitrogens with one attached hydrogen (secondary N) is 1. The molecule has 1 N–H and O–H groups in total. The molecule has 0 atom stereocenters. The summed E-state index contributed by atoms with van der Waals surface area (Å²) in [4.78, 5) is 26.6. The number of hydrogen-bond acceptors (Lipinski definition) is 3. The summed E-state index contributed by atoms with van der Waals surface area (Å²) < 4.78 is 5.43. The molecule has 2 aliphatic heterocycles. The van der Waals surface area contributed by atoms with Crippen LogP contribution in [0.4, 0.5) is 10.5 Å². The fourth-order valence-electron chi connectivity index (χ4n) is 3.45. The molecule has 1 fully saturated rings. The zero-order chi connectivity index (χ0) is 17.5. The Bertz CT molecular complexity index is 695. The van der Waals surface area contributed by atoms with Crippen molar-refractivity contribution < 1.29 is 14.3 Å². The topological polar surface area (TPSA) is 58.6 Å². The second kappa shape index (κ2) is 5.65. The fourth-order valence-corrected chi connectivity index (χ4v) is 3.45. The molecule has 0 aromatic heterocycles. The first kappa shape index (κ1) is 16.6. The summed E-state index contributed by atoms with van der Waals surface area (Å²) in [5.74, 6) is 0.0301. The van der Waals surface area contributed by atoms with Crippen LogP contribution in [0.1, 0.15) is 44.7 Å². The Morgan fingerprint density at radius 2 is 2.00 bits per heavy atom. The summed E-state index contributed by atoms with van der Waals surface area (Å²) >= 11 is 0. The molecule has 2 aliphatic rings. The molecule has 5 nitrogen and oxygen atoms in total. The number of likely N-dealkylation sites (tertiary alicyclic amines) is 1. The SMILES string of the molecule is C=Cc1ccc2c(c1)C1(CCN(C(=O)OC(C)(C)C)CC1)C(=O)N2. The van der Waals surface area contributed by atoms with Crippen molar-refractivity contribution in [3.8, 4) is 0 Å². The highest BCUT2D eigenvalue weighted by molar-refractivity contribution is 6.06. The highest BCUT2D eigenvalue weighted by atomic mass is 16.6. The highest BCUT2D eigenvalue weighted by Gasteiger charge is 2.49. The third kappa shape index (κ3) is 2.79. The van der Waals surface area contributed by atoms with Gasteiger partial charge in [0, 0.05) is 18.8 Å². The molecule has 1 aromatic carbocycles. The molecular formula is C19H24N2O3. The molecule has 2 heterocycles.